The number of carbonyl (C=O) groups excluding carboxylic acids is 1. The van der Waals surface area contributed by atoms with Crippen LogP contribution >= 0.6 is 11.8 Å². The van der Waals surface area contributed by atoms with Gasteiger partial charge in [0, 0.05) is 17.9 Å². The molecule has 0 saturated heterocycles. The molecule has 0 saturated carbocycles. The van der Waals surface area contributed by atoms with E-state index in [1.807, 2.05) is 18.2 Å². The topological polar surface area (TPSA) is 29.1 Å². The molecule has 1 N–H and O–H groups in total. The first-order chi connectivity index (χ1) is 8.18. The summed E-state index contributed by atoms with van der Waals surface area (Å²) in [6.45, 7) is 4.99. The predicted molar refractivity (Wildman–Crippen MR) is 74.2 cm³/mol. The maximum Gasteiger partial charge on any atom is 0.220 e. The van der Waals surface area contributed by atoms with Crippen LogP contribution in [0.15, 0.2) is 35.2 Å². The lowest BCUT2D eigenvalue weighted by Crippen LogP contribution is -2.27. The van der Waals surface area contributed by atoms with Gasteiger partial charge in [0.1, 0.15) is 0 Å². The molecule has 0 aliphatic carbocycles. The molecule has 0 radical (unpaired) electrons. The molecule has 1 aromatic carbocycles. The first kappa shape index (κ1) is 14.1. The van der Waals surface area contributed by atoms with Crippen molar-refractivity contribution >= 4 is 17.7 Å². The summed E-state index contributed by atoms with van der Waals surface area (Å²) in [7, 11) is 0. The zero-order chi connectivity index (χ0) is 12.5. The maximum atomic E-state index is 11.4. The fourth-order valence-corrected chi connectivity index (χ4v) is 2.22. The Labute approximate surface area is 108 Å². The van der Waals surface area contributed by atoms with Gasteiger partial charge in [-0.05, 0) is 30.2 Å². The van der Waals surface area contributed by atoms with E-state index in [1.165, 1.54) is 4.90 Å². The van der Waals surface area contributed by atoms with Crippen LogP contribution in [0.3, 0.4) is 0 Å². The van der Waals surface area contributed by atoms with Crippen molar-refractivity contribution in [3.8, 4) is 0 Å². The van der Waals surface area contributed by atoms with Gasteiger partial charge in [0.25, 0.3) is 0 Å². The lowest BCUT2D eigenvalue weighted by atomic mass is 10.2. The van der Waals surface area contributed by atoms with Gasteiger partial charge in [-0.15, -0.1) is 11.8 Å². The highest BCUT2D eigenvalue weighted by atomic mass is 32.2. The third-order valence-electron chi connectivity index (χ3n) is 2.27. The van der Waals surface area contributed by atoms with E-state index in [0.29, 0.717) is 12.3 Å². The van der Waals surface area contributed by atoms with Crippen LogP contribution in [0.2, 0.25) is 0 Å². The molecule has 0 atom stereocenters. The summed E-state index contributed by atoms with van der Waals surface area (Å²) in [6, 6.07) is 10.3. The van der Waals surface area contributed by atoms with Crippen molar-refractivity contribution in [3.05, 3.63) is 30.3 Å². The molecule has 1 aromatic rings. The van der Waals surface area contributed by atoms with Crippen LogP contribution in [0.5, 0.6) is 0 Å². The largest absolute Gasteiger partial charge is 0.356 e. The van der Waals surface area contributed by atoms with Crippen LogP contribution in [-0.2, 0) is 4.79 Å². The van der Waals surface area contributed by atoms with E-state index in [0.717, 1.165) is 18.7 Å². The van der Waals surface area contributed by atoms with Gasteiger partial charge in [-0.1, -0.05) is 32.0 Å². The number of nitrogens with one attached hydrogen (secondary N) is 1. The van der Waals surface area contributed by atoms with Crippen LogP contribution in [0.25, 0.3) is 0 Å². The third-order valence-corrected chi connectivity index (χ3v) is 3.37. The minimum Gasteiger partial charge on any atom is -0.356 e. The van der Waals surface area contributed by atoms with Crippen LogP contribution in [0.1, 0.15) is 26.7 Å². The molecule has 0 aromatic heterocycles. The lowest BCUT2D eigenvalue weighted by molar-refractivity contribution is -0.121. The van der Waals surface area contributed by atoms with Gasteiger partial charge >= 0.3 is 0 Å². The third kappa shape index (κ3) is 7.05. The number of benzene rings is 1. The van der Waals surface area contributed by atoms with Crippen LogP contribution < -0.4 is 5.32 Å². The minimum atomic E-state index is 0.173. The second-order valence-electron chi connectivity index (χ2n) is 4.46. The van der Waals surface area contributed by atoms with Gasteiger partial charge in [0.05, 0.1) is 0 Å². The van der Waals surface area contributed by atoms with Crippen molar-refractivity contribution in [3.63, 3.8) is 0 Å². The Morgan fingerprint density at radius 1 is 1.29 bits per heavy atom. The second kappa shape index (κ2) is 8.18. The van der Waals surface area contributed by atoms with Crippen LogP contribution in [-0.4, -0.2) is 18.2 Å². The number of hydrogen-bond acceptors (Lipinski definition) is 2. The fraction of sp³-hybridized carbons (Fsp3) is 0.500. The average Bonchev–Trinajstić information content (AvgIpc) is 2.33. The Balaban J connectivity index is 2.06. The number of carbonyl (C=O) groups is 1. The molecule has 0 unspecified atom stereocenters. The molecule has 3 heteroatoms. The molecule has 17 heavy (non-hydrogen) atoms. The Bertz CT molecular complexity index is 324. The lowest BCUT2D eigenvalue weighted by Gasteiger charge is -2.07. The van der Waals surface area contributed by atoms with E-state index in [4.69, 9.17) is 0 Å². The van der Waals surface area contributed by atoms with Gasteiger partial charge in [0.2, 0.25) is 5.91 Å². The van der Waals surface area contributed by atoms with E-state index in [2.05, 4.69) is 31.3 Å². The van der Waals surface area contributed by atoms with E-state index >= 15 is 0 Å². The van der Waals surface area contributed by atoms with E-state index in [-0.39, 0.29) is 5.91 Å². The molecule has 0 aliphatic heterocycles. The van der Waals surface area contributed by atoms with Crippen molar-refractivity contribution in [1.29, 1.82) is 0 Å². The predicted octanol–water partition coefficient (Wildman–Crippen LogP) is 3.33. The summed E-state index contributed by atoms with van der Waals surface area (Å²) in [5.74, 6) is 1.70. The SMILES string of the molecule is CC(C)CNC(=O)CCCSc1ccccc1. The van der Waals surface area contributed by atoms with Crippen LogP contribution in [0, 0.1) is 5.92 Å². The second-order valence-corrected chi connectivity index (χ2v) is 5.63. The average molecular weight is 251 g/mol. The first-order valence-corrected chi connectivity index (χ1v) is 7.11. The number of thioether (sulfide) groups is 1. The monoisotopic (exact) mass is 251 g/mol. The fourth-order valence-electron chi connectivity index (χ4n) is 1.35. The molecule has 0 aliphatic rings. The van der Waals surface area contributed by atoms with Crippen LogP contribution in [0.4, 0.5) is 0 Å². The highest BCUT2D eigenvalue weighted by Crippen LogP contribution is 2.18. The smallest absolute Gasteiger partial charge is 0.220 e. The molecular weight excluding hydrogens is 230 g/mol. The Hall–Kier alpha value is -0.960. The normalized spacial score (nSPS) is 10.5. The highest BCUT2D eigenvalue weighted by Gasteiger charge is 2.02. The highest BCUT2D eigenvalue weighted by molar-refractivity contribution is 7.99. The molecule has 2 nitrogen and oxygen atoms in total. The molecule has 1 rings (SSSR count). The summed E-state index contributed by atoms with van der Waals surface area (Å²) >= 11 is 1.81. The van der Waals surface area contributed by atoms with Gasteiger partial charge in [-0.3, -0.25) is 4.79 Å². The van der Waals surface area contributed by atoms with E-state index < -0.39 is 0 Å². The zero-order valence-electron chi connectivity index (χ0n) is 10.6. The maximum absolute atomic E-state index is 11.4. The minimum absolute atomic E-state index is 0.173. The van der Waals surface area contributed by atoms with Crippen molar-refractivity contribution in [2.45, 2.75) is 31.6 Å². The van der Waals surface area contributed by atoms with Crippen molar-refractivity contribution in [2.24, 2.45) is 5.92 Å². The summed E-state index contributed by atoms with van der Waals surface area (Å²) < 4.78 is 0. The van der Waals surface area contributed by atoms with Crippen molar-refractivity contribution in [2.75, 3.05) is 12.3 Å². The Kier molecular flexibility index (Phi) is 6.78. The standard InChI is InChI=1S/C14H21NOS/c1-12(2)11-15-14(16)9-6-10-17-13-7-4-3-5-8-13/h3-5,7-8,12H,6,9-11H2,1-2H3,(H,15,16). The molecule has 0 spiro atoms. The van der Waals surface area contributed by atoms with Gasteiger partial charge < -0.3 is 5.32 Å². The van der Waals surface area contributed by atoms with Crippen molar-refractivity contribution in [1.82, 2.24) is 5.32 Å². The van der Waals surface area contributed by atoms with Gasteiger partial charge in [0.15, 0.2) is 0 Å². The number of amides is 1. The summed E-state index contributed by atoms with van der Waals surface area (Å²) in [6.07, 6.45) is 1.57. The van der Waals surface area contributed by atoms with E-state index in [1.54, 1.807) is 11.8 Å². The zero-order valence-corrected chi connectivity index (χ0v) is 11.4. The number of hydrogen-bond donors (Lipinski definition) is 1. The Morgan fingerprint density at radius 2 is 2.00 bits per heavy atom. The van der Waals surface area contributed by atoms with Crippen molar-refractivity contribution < 1.29 is 4.79 Å². The van der Waals surface area contributed by atoms with Gasteiger partial charge in [-0.2, -0.15) is 0 Å². The number of rotatable bonds is 7. The summed E-state index contributed by atoms with van der Waals surface area (Å²) in [5, 5.41) is 2.93. The first-order valence-electron chi connectivity index (χ1n) is 6.13. The summed E-state index contributed by atoms with van der Waals surface area (Å²) in [5.41, 5.74) is 0. The molecule has 0 bridgehead atoms. The quantitative estimate of drug-likeness (QED) is 0.595. The van der Waals surface area contributed by atoms with E-state index in [9.17, 15) is 4.79 Å². The molecular formula is C14H21NOS. The summed E-state index contributed by atoms with van der Waals surface area (Å²) in [4.78, 5) is 12.7. The molecule has 0 heterocycles. The molecule has 1 amide bonds. The van der Waals surface area contributed by atoms with Gasteiger partial charge in [-0.25, -0.2) is 0 Å². The Morgan fingerprint density at radius 3 is 2.65 bits per heavy atom. The molecule has 0 fully saturated rings. The molecule has 94 valence electrons.